The Morgan fingerprint density at radius 1 is 0.917 bits per heavy atom. The number of aromatic nitrogens is 2. The minimum Gasteiger partial charge on any atom is -0.380 e. The van der Waals surface area contributed by atoms with Gasteiger partial charge in [0.1, 0.15) is 11.3 Å². The molecule has 0 bridgehead atoms. The maximum atomic E-state index is 14.1. The highest BCUT2D eigenvalue weighted by Gasteiger charge is 2.34. The van der Waals surface area contributed by atoms with Gasteiger partial charge < -0.3 is 25.8 Å². The molecule has 1 saturated heterocycles. The number of carbonyl (C=O) groups excluding carboxylic acids is 2. The molecule has 0 spiro atoms. The molecule has 0 saturated carbocycles. The number of amides is 2. The van der Waals surface area contributed by atoms with Crippen LogP contribution in [0.4, 0.5) is 24.5 Å². The lowest BCUT2D eigenvalue weighted by Gasteiger charge is -2.33. The highest BCUT2D eigenvalue weighted by molar-refractivity contribution is 6.04. The lowest BCUT2D eigenvalue weighted by molar-refractivity contribution is -0.138. The second-order valence-corrected chi connectivity index (χ2v) is 12.6. The first-order valence-corrected chi connectivity index (χ1v) is 16.5. The number of nitrogens with one attached hydrogen (secondary N) is 4. The minimum absolute atomic E-state index is 0.0554. The summed E-state index contributed by atoms with van der Waals surface area (Å²) in [6.45, 7) is 8.30. The smallest absolute Gasteiger partial charge is 0.380 e. The van der Waals surface area contributed by atoms with E-state index in [1.807, 2.05) is 31.0 Å². The lowest BCUT2D eigenvalue weighted by atomic mass is 10.0. The van der Waals surface area contributed by atoms with Crippen LogP contribution < -0.4 is 16.0 Å². The summed E-state index contributed by atoms with van der Waals surface area (Å²) in [5, 5.41) is 9.85. The van der Waals surface area contributed by atoms with Crippen molar-refractivity contribution in [1.29, 1.82) is 0 Å². The number of benzene rings is 2. The second kappa shape index (κ2) is 15.7. The molecule has 9 nitrogen and oxygen atoms in total. The molecule has 1 aliphatic rings. The standard InChI is InChI=1S/C36H44F3N7O2/c1-4-5-6-7-12-40-35(48)32-20-27-17-30(22-42-33(27)44-32)41-21-28-18-29(11-8-24(28)2)43-34(47)25-9-10-26(31(19-25)36(37,38)39)23-46-15-13-45(3)14-16-46/h8-11,17-20,22,41H,4-7,12-16,21,23H2,1-3H3,(H,40,48)(H,42,44)(H,43,47). The van der Waals surface area contributed by atoms with E-state index >= 15 is 0 Å². The number of unbranched alkanes of at least 4 members (excludes halogenated alkanes) is 3. The topological polar surface area (TPSA) is 105 Å². The first kappa shape index (κ1) is 34.9. The van der Waals surface area contributed by atoms with E-state index in [1.54, 1.807) is 24.4 Å². The van der Waals surface area contributed by atoms with E-state index in [4.69, 9.17) is 0 Å². The molecule has 1 fully saturated rings. The Hall–Kier alpha value is -4.42. The molecule has 12 heteroatoms. The van der Waals surface area contributed by atoms with Crippen molar-refractivity contribution in [2.24, 2.45) is 0 Å². The van der Waals surface area contributed by atoms with Crippen molar-refractivity contribution in [1.82, 2.24) is 25.1 Å². The van der Waals surface area contributed by atoms with Crippen LogP contribution in [0.1, 0.15) is 75.7 Å². The highest BCUT2D eigenvalue weighted by atomic mass is 19.4. The zero-order valence-corrected chi connectivity index (χ0v) is 27.8. The van der Waals surface area contributed by atoms with Gasteiger partial charge in [-0.1, -0.05) is 38.3 Å². The molecule has 3 heterocycles. The van der Waals surface area contributed by atoms with Gasteiger partial charge in [0.05, 0.1) is 17.4 Å². The van der Waals surface area contributed by atoms with E-state index in [1.165, 1.54) is 12.1 Å². The van der Waals surface area contributed by atoms with E-state index in [9.17, 15) is 22.8 Å². The number of fused-ring (bicyclic) bond motifs is 1. The Balaban J connectivity index is 1.22. The molecule has 0 atom stereocenters. The minimum atomic E-state index is -4.58. The number of hydrogen-bond donors (Lipinski definition) is 4. The summed E-state index contributed by atoms with van der Waals surface area (Å²) in [6, 6.07) is 12.9. The third-order valence-corrected chi connectivity index (χ3v) is 8.79. The number of aromatic amines is 1. The number of anilines is 2. The SMILES string of the molecule is CCCCCCNC(=O)c1cc2cc(NCc3cc(NC(=O)c4ccc(CN5CCN(C)CC5)c(C(F)(F)F)c4)ccc3C)cnc2[nH]1. The number of nitrogens with zero attached hydrogens (tertiary/aromatic N) is 3. The molecule has 2 amide bonds. The van der Waals surface area contributed by atoms with E-state index in [-0.39, 0.29) is 23.6 Å². The van der Waals surface area contributed by atoms with Crippen molar-refractivity contribution in [3.05, 3.63) is 88.2 Å². The molecule has 2 aromatic carbocycles. The first-order chi connectivity index (χ1) is 23.0. The molecule has 4 aromatic rings. The number of likely N-dealkylation sites (N-methyl/N-ethyl adjacent to an activating group) is 1. The van der Waals surface area contributed by atoms with Crippen molar-refractivity contribution in [2.45, 2.75) is 58.8 Å². The quantitative estimate of drug-likeness (QED) is 0.117. The van der Waals surface area contributed by atoms with Crippen molar-refractivity contribution >= 4 is 34.2 Å². The van der Waals surface area contributed by atoms with Crippen molar-refractivity contribution < 1.29 is 22.8 Å². The summed E-state index contributed by atoms with van der Waals surface area (Å²) < 4.78 is 42.2. The summed E-state index contributed by atoms with van der Waals surface area (Å²) in [7, 11) is 2.00. The summed E-state index contributed by atoms with van der Waals surface area (Å²) in [5.41, 5.74) is 3.48. The van der Waals surface area contributed by atoms with Gasteiger partial charge in [0, 0.05) is 62.5 Å². The van der Waals surface area contributed by atoms with Gasteiger partial charge in [0.15, 0.2) is 0 Å². The van der Waals surface area contributed by atoms with Gasteiger partial charge in [-0.3, -0.25) is 14.5 Å². The van der Waals surface area contributed by atoms with Crippen molar-refractivity contribution in [3.63, 3.8) is 0 Å². The number of piperazine rings is 1. The average Bonchev–Trinajstić information content (AvgIpc) is 3.49. The molecular formula is C36H44F3N7O2. The molecule has 48 heavy (non-hydrogen) atoms. The van der Waals surface area contributed by atoms with Crippen LogP contribution in [0.15, 0.2) is 54.7 Å². The Morgan fingerprint density at radius 2 is 1.71 bits per heavy atom. The fraction of sp³-hybridized carbons (Fsp3) is 0.417. The summed E-state index contributed by atoms with van der Waals surface area (Å²) in [6.07, 6.45) is 1.42. The number of aryl methyl sites for hydroxylation is 1. The summed E-state index contributed by atoms with van der Waals surface area (Å²) >= 11 is 0. The van der Waals surface area contributed by atoms with Gasteiger partial charge in [0.25, 0.3) is 11.8 Å². The highest BCUT2D eigenvalue weighted by Crippen LogP contribution is 2.34. The number of H-pyrrole nitrogens is 1. The van der Waals surface area contributed by atoms with E-state index in [0.717, 1.165) is 67.0 Å². The number of halogens is 3. The van der Waals surface area contributed by atoms with Gasteiger partial charge in [-0.25, -0.2) is 4.98 Å². The molecule has 4 N–H and O–H groups in total. The maximum absolute atomic E-state index is 14.1. The fourth-order valence-electron chi connectivity index (χ4n) is 5.79. The number of hydrogen-bond acceptors (Lipinski definition) is 6. The predicted molar refractivity (Wildman–Crippen MR) is 183 cm³/mol. The second-order valence-electron chi connectivity index (χ2n) is 12.6. The summed E-state index contributed by atoms with van der Waals surface area (Å²) in [5.74, 6) is -0.776. The van der Waals surface area contributed by atoms with Gasteiger partial charge >= 0.3 is 6.18 Å². The van der Waals surface area contributed by atoms with E-state index in [2.05, 4.69) is 37.7 Å². The van der Waals surface area contributed by atoms with Crippen LogP contribution in [-0.2, 0) is 19.3 Å². The van der Waals surface area contributed by atoms with Gasteiger partial charge in [-0.05, 0) is 73.5 Å². The number of pyridine rings is 1. The van der Waals surface area contributed by atoms with Crippen LogP contribution in [0.2, 0.25) is 0 Å². The number of rotatable bonds is 13. The normalized spacial score (nSPS) is 14.3. The average molecular weight is 664 g/mol. The predicted octanol–water partition coefficient (Wildman–Crippen LogP) is 6.81. The van der Waals surface area contributed by atoms with Crippen molar-refractivity contribution in [3.8, 4) is 0 Å². The third-order valence-electron chi connectivity index (χ3n) is 8.79. The van der Waals surface area contributed by atoms with Crippen LogP contribution in [0, 0.1) is 6.92 Å². The van der Waals surface area contributed by atoms with Gasteiger partial charge in [-0.2, -0.15) is 13.2 Å². The Labute approximate surface area is 279 Å². The van der Waals surface area contributed by atoms with Crippen molar-refractivity contribution in [2.75, 3.05) is 50.4 Å². The first-order valence-electron chi connectivity index (χ1n) is 16.5. The molecule has 0 aliphatic carbocycles. The van der Waals surface area contributed by atoms with E-state index in [0.29, 0.717) is 43.2 Å². The van der Waals surface area contributed by atoms with Gasteiger partial charge in [-0.15, -0.1) is 0 Å². The van der Waals surface area contributed by atoms with Crippen LogP contribution >= 0.6 is 0 Å². The summed E-state index contributed by atoms with van der Waals surface area (Å²) in [4.78, 5) is 37.4. The zero-order valence-electron chi connectivity index (χ0n) is 27.8. The molecule has 256 valence electrons. The van der Waals surface area contributed by atoms with Crippen LogP contribution in [0.5, 0.6) is 0 Å². The molecule has 5 rings (SSSR count). The molecule has 0 radical (unpaired) electrons. The maximum Gasteiger partial charge on any atom is 0.416 e. The van der Waals surface area contributed by atoms with E-state index < -0.39 is 17.6 Å². The molecule has 0 unspecified atom stereocenters. The zero-order chi connectivity index (χ0) is 34.3. The van der Waals surface area contributed by atoms with Gasteiger partial charge in [0.2, 0.25) is 0 Å². The molecular weight excluding hydrogens is 619 g/mol. The van der Waals surface area contributed by atoms with Crippen LogP contribution in [-0.4, -0.2) is 71.4 Å². The largest absolute Gasteiger partial charge is 0.416 e. The Bertz CT molecular complexity index is 1730. The lowest BCUT2D eigenvalue weighted by Crippen LogP contribution is -2.44. The third kappa shape index (κ3) is 9.13. The fourth-order valence-corrected chi connectivity index (χ4v) is 5.79. The Kier molecular flexibility index (Phi) is 11.4. The Morgan fingerprint density at radius 3 is 2.46 bits per heavy atom. The number of carbonyl (C=O) groups is 2. The monoisotopic (exact) mass is 663 g/mol. The van der Waals surface area contributed by atoms with Crippen LogP contribution in [0.25, 0.3) is 11.0 Å². The number of alkyl halides is 3. The van der Waals surface area contributed by atoms with Crippen LogP contribution in [0.3, 0.4) is 0 Å². The molecule has 1 aliphatic heterocycles. The molecule has 2 aromatic heterocycles.